The summed E-state index contributed by atoms with van der Waals surface area (Å²) < 4.78 is 13.0. The number of nitrogens with zero attached hydrogens (tertiary/aromatic N) is 4. The molecule has 1 saturated heterocycles. The molecule has 2 aliphatic heterocycles. The average molecular weight is 442 g/mol. The minimum Gasteiger partial charge on any atom is -0.496 e. The Hall–Kier alpha value is -2.45. The molecule has 32 heavy (non-hydrogen) atoms. The molecule has 1 amide bonds. The first-order chi connectivity index (χ1) is 15.5. The molecule has 4 rings (SSSR count). The summed E-state index contributed by atoms with van der Waals surface area (Å²) in [5, 5.41) is 12.0. The molecule has 1 aromatic carbocycles. The highest BCUT2D eigenvalue weighted by atomic mass is 16.5. The van der Waals surface area contributed by atoms with Crippen LogP contribution in [0.3, 0.4) is 0 Å². The van der Waals surface area contributed by atoms with Gasteiger partial charge in [0.25, 0.3) is 0 Å². The van der Waals surface area contributed by atoms with Gasteiger partial charge in [0, 0.05) is 51.7 Å². The summed E-state index contributed by atoms with van der Waals surface area (Å²) in [6, 6.07) is 4.20. The summed E-state index contributed by atoms with van der Waals surface area (Å²) in [4.78, 5) is 15.1. The Labute approximate surface area is 190 Å². The Balaban J connectivity index is 1.40. The third-order valence-corrected chi connectivity index (χ3v) is 6.73. The highest BCUT2D eigenvalue weighted by Crippen LogP contribution is 2.24. The molecule has 1 aromatic heterocycles. The van der Waals surface area contributed by atoms with E-state index < -0.39 is 0 Å². The van der Waals surface area contributed by atoms with Crippen molar-refractivity contribution in [3.8, 4) is 5.75 Å². The molecule has 1 unspecified atom stereocenters. The maximum Gasteiger partial charge on any atom is 0.223 e. The lowest BCUT2D eigenvalue weighted by atomic mass is 9.99. The van der Waals surface area contributed by atoms with Gasteiger partial charge in [-0.1, -0.05) is 6.07 Å². The Morgan fingerprint density at radius 1 is 1.19 bits per heavy atom. The first-order valence-electron chi connectivity index (χ1n) is 11.6. The molecule has 3 heterocycles. The van der Waals surface area contributed by atoms with Crippen molar-refractivity contribution in [3.63, 3.8) is 0 Å². The lowest BCUT2D eigenvalue weighted by Gasteiger charge is -2.24. The molecule has 2 aromatic rings. The van der Waals surface area contributed by atoms with Gasteiger partial charge in [-0.25, -0.2) is 0 Å². The maximum absolute atomic E-state index is 12.7. The number of carbonyl (C=O) groups is 1. The second kappa shape index (κ2) is 10.0. The van der Waals surface area contributed by atoms with Crippen LogP contribution in [0.2, 0.25) is 0 Å². The summed E-state index contributed by atoms with van der Waals surface area (Å²) in [7, 11) is 1.72. The second-order valence-corrected chi connectivity index (χ2v) is 9.02. The Morgan fingerprint density at radius 2 is 1.97 bits per heavy atom. The van der Waals surface area contributed by atoms with Crippen LogP contribution in [0.1, 0.15) is 54.1 Å². The van der Waals surface area contributed by atoms with E-state index >= 15 is 0 Å². The highest BCUT2D eigenvalue weighted by Gasteiger charge is 2.26. The Bertz CT molecular complexity index is 951. The van der Waals surface area contributed by atoms with Gasteiger partial charge in [-0.2, -0.15) is 0 Å². The van der Waals surface area contributed by atoms with Gasteiger partial charge in [0.1, 0.15) is 11.6 Å². The van der Waals surface area contributed by atoms with Crippen molar-refractivity contribution in [2.24, 2.45) is 5.92 Å². The van der Waals surface area contributed by atoms with Gasteiger partial charge in [-0.15, -0.1) is 10.2 Å². The van der Waals surface area contributed by atoms with Crippen LogP contribution < -0.4 is 10.1 Å². The van der Waals surface area contributed by atoms with Crippen molar-refractivity contribution < 1.29 is 14.3 Å². The van der Waals surface area contributed by atoms with Crippen LogP contribution in [0.5, 0.6) is 5.75 Å². The molecule has 1 atom stereocenters. The first-order valence-corrected chi connectivity index (χ1v) is 11.6. The minimum absolute atomic E-state index is 0.0319. The predicted molar refractivity (Wildman–Crippen MR) is 122 cm³/mol. The third-order valence-electron chi connectivity index (χ3n) is 6.73. The first kappa shape index (κ1) is 22.7. The van der Waals surface area contributed by atoms with E-state index in [4.69, 9.17) is 9.47 Å². The number of ether oxygens (including phenoxy) is 2. The number of carbonyl (C=O) groups excluding carboxylic acids is 1. The van der Waals surface area contributed by atoms with Crippen LogP contribution in [-0.4, -0.2) is 59.0 Å². The monoisotopic (exact) mass is 441 g/mol. The molecular formula is C24H35N5O3. The number of hydrogen-bond donors (Lipinski definition) is 1. The van der Waals surface area contributed by atoms with E-state index in [0.717, 1.165) is 68.4 Å². The number of methoxy groups -OCH3 is 1. The van der Waals surface area contributed by atoms with E-state index in [1.165, 1.54) is 11.1 Å². The van der Waals surface area contributed by atoms with Gasteiger partial charge >= 0.3 is 0 Å². The average Bonchev–Trinajstić information content (AvgIpc) is 3.11. The number of nitrogens with one attached hydrogen (secondary N) is 1. The number of hydrogen-bond acceptors (Lipinski definition) is 6. The fraction of sp³-hybridized carbons (Fsp3) is 0.625. The minimum atomic E-state index is -0.162. The molecule has 8 nitrogen and oxygen atoms in total. The molecule has 1 N–H and O–H groups in total. The van der Waals surface area contributed by atoms with Crippen LogP contribution in [0.15, 0.2) is 12.1 Å². The van der Waals surface area contributed by atoms with Crippen molar-refractivity contribution in [2.75, 3.05) is 33.4 Å². The van der Waals surface area contributed by atoms with E-state index in [0.29, 0.717) is 13.2 Å². The van der Waals surface area contributed by atoms with Crippen molar-refractivity contribution in [2.45, 2.75) is 59.2 Å². The molecule has 174 valence electrons. The van der Waals surface area contributed by atoms with E-state index in [1.807, 2.05) is 6.92 Å². The van der Waals surface area contributed by atoms with Crippen LogP contribution in [-0.2, 0) is 29.0 Å². The molecular weight excluding hydrogens is 406 g/mol. The number of fused-ring (bicyclic) bond motifs is 1. The topological polar surface area (TPSA) is 81.5 Å². The molecule has 0 aliphatic carbocycles. The van der Waals surface area contributed by atoms with Gasteiger partial charge in [0.2, 0.25) is 5.91 Å². The van der Waals surface area contributed by atoms with Crippen LogP contribution in [0.4, 0.5) is 0 Å². The number of rotatable bonds is 6. The van der Waals surface area contributed by atoms with Gasteiger partial charge in [-0.3, -0.25) is 9.69 Å². The summed E-state index contributed by atoms with van der Waals surface area (Å²) >= 11 is 0. The molecule has 0 radical (unpaired) electrons. The van der Waals surface area contributed by atoms with E-state index in [2.05, 4.69) is 51.0 Å². The number of aryl methyl sites for hydroxylation is 2. The zero-order valence-electron chi connectivity index (χ0n) is 19.7. The molecule has 0 saturated carbocycles. The third kappa shape index (κ3) is 4.96. The van der Waals surface area contributed by atoms with Crippen molar-refractivity contribution in [3.05, 3.63) is 40.5 Å². The zero-order chi connectivity index (χ0) is 22.7. The Kier molecular flexibility index (Phi) is 7.10. The molecule has 0 bridgehead atoms. The largest absolute Gasteiger partial charge is 0.496 e. The molecule has 8 heteroatoms. The number of benzene rings is 1. The number of amides is 1. The smallest absolute Gasteiger partial charge is 0.223 e. The van der Waals surface area contributed by atoms with Gasteiger partial charge in [-0.05, 0) is 56.4 Å². The van der Waals surface area contributed by atoms with E-state index in [1.54, 1.807) is 7.11 Å². The van der Waals surface area contributed by atoms with Gasteiger partial charge in [0.15, 0.2) is 5.82 Å². The Morgan fingerprint density at radius 3 is 2.72 bits per heavy atom. The van der Waals surface area contributed by atoms with Crippen molar-refractivity contribution in [1.29, 1.82) is 0 Å². The maximum atomic E-state index is 12.7. The normalized spacial score (nSPS) is 18.6. The molecule has 2 aliphatic rings. The van der Waals surface area contributed by atoms with Gasteiger partial charge in [0.05, 0.1) is 13.2 Å². The lowest BCUT2D eigenvalue weighted by molar-refractivity contribution is -0.128. The van der Waals surface area contributed by atoms with Crippen LogP contribution >= 0.6 is 0 Å². The van der Waals surface area contributed by atoms with E-state index in [-0.39, 0.29) is 17.9 Å². The predicted octanol–water partition coefficient (Wildman–Crippen LogP) is 2.57. The second-order valence-electron chi connectivity index (χ2n) is 9.02. The summed E-state index contributed by atoms with van der Waals surface area (Å²) in [5.41, 5.74) is 3.75. The highest BCUT2D eigenvalue weighted by molar-refractivity contribution is 5.79. The van der Waals surface area contributed by atoms with E-state index in [9.17, 15) is 4.79 Å². The van der Waals surface area contributed by atoms with Crippen molar-refractivity contribution in [1.82, 2.24) is 25.0 Å². The zero-order valence-corrected chi connectivity index (χ0v) is 19.7. The lowest BCUT2D eigenvalue weighted by Crippen LogP contribution is -2.36. The van der Waals surface area contributed by atoms with Gasteiger partial charge < -0.3 is 19.4 Å². The molecule has 1 fully saturated rings. The fourth-order valence-electron chi connectivity index (χ4n) is 4.70. The van der Waals surface area contributed by atoms with Crippen molar-refractivity contribution >= 4 is 5.91 Å². The summed E-state index contributed by atoms with van der Waals surface area (Å²) in [6.07, 6.45) is 2.42. The SMILES string of the molecule is COc1cc(C)c(CN2CCc3nnc(C(C)NC(=O)C4CCOCC4)n3CC2)cc1C. The fourth-order valence-corrected chi connectivity index (χ4v) is 4.70. The number of aromatic nitrogens is 3. The summed E-state index contributed by atoms with van der Waals surface area (Å²) in [6.45, 7) is 11.1. The standard InChI is InChI=1S/C24H35N5O3/c1-16-14-21(31-4)17(2)13-20(16)15-28-8-5-22-26-27-23(29(22)10-9-28)18(3)25-24(30)19-6-11-32-12-7-19/h13-14,18-19H,5-12,15H2,1-4H3,(H,25,30). The quantitative estimate of drug-likeness (QED) is 0.742. The molecule has 0 spiro atoms. The van der Waals surface area contributed by atoms with Crippen LogP contribution in [0.25, 0.3) is 0 Å². The van der Waals surface area contributed by atoms with Crippen LogP contribution in [0, 0.1) is 19.8 Å². The summed E-state index contributed by atoms with van der Waals surface area (Å²) in [5.74, 6) is 2.91.